The third-order valence-electron chi connectivity index (χ3n) is 1.99. The van der Waals surface area contributed by atoms with Crippen LogP contribution in [0.4, 0.5) is 0 Å². The summed E-state index contributed by atoms with van der Waals surface area (Å²) in [4.78, 5) is 0. The molecule has 0 fully saturated rings. The number of fused-ring (bicyclic) bond motifs is 1. The van der Waals surface area contributed by atoms with Gasteiger partial charge < -0.3 is 0 Å². The van der Waals surface area contributed by atoms with E-state index in [1.807, 2.05) is 0 Å². The second-order valence-electron chi connectivity index (χ2n) is 2.65. The summed E-state index contributed by atoms with van der Waals surface area (Å²) in [5, 5.41) is 7.25. The highest BCUT2D eigenvalue weighted by atomic mass is 32.1. The van der Waals surface area contributed by atoms with Crippen molar-refractivity contribution < 1.29 is 0 Å². The molecule has 2 aromatic rings. The van der Waals surface area contributed by atoms with Gasteiger partial charge in [-0.3, -0.25) is 0 Å². The molecule has 1 heterocycles. The van der Waals surface area contributed by atoms with Gasteiger partial charge in [-0.25, -0.2) is 0 Å². The Kier molecular flexibility index (Phi) is 1.66. The summed E-state index contributed by atoms with van der Waals surface area (Å²) in [5.74, 6) is 0. The van der Waals surface area contributed by atoms with Crippen LogP contribution in [0.25, 0.3) is 10.8 Å². The van der Waals surface area contributed by atoms with E-state index in [4.69, 9.17) is 0 Å². The molecule has 1 heteroatoms. The van der Waals surface area contributed by atoms with Crippen molar-refractivity contribution in [3.05, 3.63) is 34.5 Å². The van der Waals surface area contributed by atoms with Gasteiger partial charge in [0, 0.05) is 0 Å². The Labute approximate surface area is 70.5 Å². The van der Waals surface area contributed by atoms with Gasteiger partial charge in [0.2, 0.25) is 0 Å². The molecule has 1 aromatic carbocycles. The lowest BCUT2D eigenvalue weighted by Crippen LogP contribution is -1.78. The standard InChI is InChI=1S/C10H10S/c1-2-8-4-3-5-9-6-11-7-10(8)9/h3-7H,2H2,1H3. The smallest absolute Gasteiger partial charge is 0.00117 e. The van der Waals surface area contributed by atoms with E-state index in [9.17, 15) is 0 Å². The van der Waals surface area contributed by atoms with Crippen LogP contribution in [0.2, 0.25) is 0 Å². The van der Waals surface area contributed by atoms with Crippen molar-refractivity contribution in [2.75, 3.05) is 0 Å². The van der Waals surface area contributed by atoms with Gasteiger partial charge in [-0.15, -0.1) is 0 Å². The van der Waals surface area contributed by atoms with Crippen LogP contribution in [0.15, 0.2) is 29.0 Å². The molecule has 1 aromatic heterocycles. The Morgan fingerprint density at radius 2 is 2.18 bits per heavy atom. The van der Waals surface area contributed by atoms with Crippen molar-refractivity contribution in [1.29, 1.82) is 0 Å². The number of rotatable bonds is 1. The molecular weight excluding hydrogens is 152 g/mol. The number of hydrogen-bond donors (Lipinski definition) is 0. The molecule has 56 valence electrons. The fourth-order valence-corrected chi connectivity index (χ4v) is 2.21. The average Bonchev–Trinajstić information content (AvgIpc) is 2.50. The van der Waals surface area contributed by atoms with Crippen LogP contribution in [0.1, 0.15) is 12.5 Å². The normalized spacial score (nSPS) is 10.6. The van der Waals surface area contributed by atoms with Crippen molar-refractivity contribution in [1.82, 2.24) is 0 Å². The minimum Gasteiger partial charge on any atom is -0.151 e. The zero-order chi connectivity index (χ0) is 7.68. The molecule has 0 unspecified atom stereocenters. The van der Waals surface area contributed by atoms with E-state index in [-0.39, 0.29) is 0 Å². The highest BCUT2D eigenvalue weighted by Gasteiger charge is 1.97. The highest BCUT2D eigenvalue weighted by molar-refractivity contribution is 7.09. The average molecular weight is 162 g/mol. The summed E-state index contributed by atoms with van der Waals surface area (Å²) in [6.45, 7) is 2.20. The van der Waals surface area contributed by atoms with Crippen LogP contribution in [0, 0.1) is 0 Å². The summed E-state index contributed by atoms with van der Waals surface area (Å²) < 4.78 is 0. The number of benzene rings is 1. The van der Waals surface area contributed by atoms with Crippen LogP contribution in [-0.4, -0.2) is 0 Å². The van der Waals surface area contributed by atoms with Gasteiger partial charge in [-0.1, -0.05) is 25.1 Å². The van der Waals surface area contributed by atoms with E-state index < -0.39 is 0 Å². The van der Waals surface area contributed by atoms with Gasteiger partial charge in [-0.05, 0) is 33.5 Å². The minimum atomic E-state index is 1.13. The zero-order valence-electron chi connectivity index (χ0n) is 6.50. The van der Waals surface area contributed by atoms with Gasteiger partial charge >= 0.3 is 0 Å². The van der Waals surface area contributed by atoms with Crippen molar-refractivity contribution in [3.8, 4) is 0 Å². The predicted octanol–water partition coefficient (Wildman–Crippen LogP) is 3.46. The van der Waals surface area contributed by atoms with E-state index in [2.05, 4.69) is 35.9 Å². The minimum absolute atomic E-state index is 1.13. The lowest BCUT2D eigenvalue weighted by atomic mass is 10.1. The molecule has 0 N–H and O–H groups in total. The Bertz CT molecular complexity index is 360. The summed E-state index contributed by atoms with van der Waals surface area (Å²) in [7, 11) is 0. The van der Waals surface area contributed by atoms with Gasteiger partial charge in [-0.2, -0.15) is 11.3 Å². The maximum absolute atomic E-state index is 2.23. The Hall–Kier alpha value is -0.820. The summed E-state index contributed by atoms with van der Waals surface area (Å²) in [5.41, 5.74) is 1.46. The van der Waals surface area contributed by atoms with Gasteiger partial charge in [0.15, 0.2) is 0 Å². The molecule has 0 spiro atoms. The third-order valence-corrected chi connectivity index (χ3v) is 2.75. The molecule has 0 aliphatic carbocycles. The van der Waals surface area contributed by atoms with Crippen LogP contribution in [-0.2, 0) is 6.42 Å². The maximum Gasteiger partial charge on any atom is -0.00117 e. The third kappa shape index (κ3) is 1.05. The molecule has 0 bridgehead atoms. The zero-order valence-corrected chi connectivity index (χ0v) is 7.32. The van der Waals surface area contributed by atoms with E-state index in [0.29, 0.717) is 0 Å². The lowest BCUT2D eigenvalue weighted by Gasteiger charge is -1.96. The van der Waals surface area contributed by atoms with Crippen LogP contribution in [0.3, 0.4) is 0 Å². The second-order valence-corrected chi connectivity index (χ2v) is 3.39. The molecule has 0 aliphatic rings. The quantitative estimate of drug-likeness (QED) is 0.602. The summed E-state index contributed by atoms with van der Waals surface area (Å²) in [6, 6.07) is 6.51. The van der Waals surface area contributed by atoms with E-state index in [1.54, 1.807) is 11.3 Å². The van der Waals surface area contributed by atoms with Crippen molar-refractivity contribution >= 4 is 22.1 Å². The predicted molar refractivity (Wildman–Crippen MR) is 51.2 cm³/mol. The number of hydrogen-bond acceptors (Lipinski definition) is 1. The van der Waals surface area contributed by atoms with Crippen LogP contribution >= 0.6 is 11.3 Å². The van der Waals surface area contributed by atoms with E-state index in [0.717, 1.165) is 6.42 Å². The number of aryl methyl sites for hydroxylation is 1. The fraction of sp³-hybridized carbons (Fsp3) is 0.200. The fourth-order valence-electron chi connectivity index (χ4n) is 1.36. The molecule has 0 saturated heterocycles. The first-order valence-corrected chi connectivity index (χ1v) is 4.80. The molecule has 0 nitrogen and oxygen atoms in total. The molecule has 11 heavy (non-hydrogen) atoms. The monoisotopic (exact) mass is 162 g/mol. The highest BCUT2D eigenvalue weighted by Crippen LogP contribution is 2.22. The number of thiophene rings is 1. The second kappa shape index (κ2) is 2.67. The summed E-state index contributed by atoms with van der Waals surface area (Å²) >= 11 is 1.78. The van der Waals surface area contributed by atoms with Crippen LogP contribution in [0.5, 0.6) is 0 Å². The molecule has 0 radical (unpaired) electrons. The Morgan fingerprint density at radius 1 is 1.27 bits per heavy atom. The van der Waals surface area contributed by atoms with Gasteiger partial charge in [0.1, 0.15) is 0 Å². The molecule has 0 amide bonds. The van der Waals surface area contributed by atoms with Crippen molar-refractivity contribution in [2.45, 2.75) is 13.3 Å². The first-order valence-electron chi connectivity index (χ1n) is 3.85. The summed E-state index contributed by atoms with van der Waals surface area (Å²) in [6.07, 6.45) is 1.13. The topological polar surface area (TPSA) is 0 Å². The SMILES string of the molecule is CCc1cccc2cscc12. The largest absolute Gasteiger partial charge is 0.151 e. The van der Waals surface area contributed by atoms with Gasteiger partial charge in [0.05, 0.1) is 0 Å². The van der Waals surface area contributed by atoms with Gasteiger partial charge in [0.25, 0.3) is 0 Å². The van der Waals surface area contributed by atoms with Crippen LogP contribution < -0.4 is 0 Å². The van der Waals surface area contributed by atoms with E-state index >= 15 is 0 Å². The molecule has 0 saturated carbocycles. The first-order chi connectivity index (χ1) is 5.42. The molecule has 2 rings (SSSR count). The van der Waals surface area contributed by atoms with Crippen molar-refractivity contribution in [2.24, 2.45) is 0 Å². The molecule has 0 aliphatic heterocycles. The first kappa shape index (κ1) is 6.86. The Balaban J connectivity index is 2.79. The molecular formula is C10H10S. The lowest BCUT2D eigenvalue weighted by molar-refractivity contribution is 1.16. The maximum atomic E-state index is 2.23. The van der Waals surface area contributed by atoms with Crippen molar-refractivity contribution in [3.63, 3.8) is 0 Å². The molecule has 0 atom stereocenters. The Morgan fingerprint density at radius 3 is 3.00 bits per heavy atom. The van der Waals surface area contributed by atoms with E-state index in [1.165, 1.54) is 16.3 Å².